The van der Waals surface area contributed by atoms with Crippen LogP contribution in [-0.4, -0.2) is 37.1 Å². The molecule has 5 nitrogen and oxygen atoms in total. The molecule has 1 N–H and O–H groups in total. The van der Waals surface area contributed by atoms with Crippen molar-refractivity contribution in [3.8, 4) is 0 Å². The van der Waals surface area contributed by atoms with Gasteiger partial charge in [-0.3, -0.25) is 4.79 Å². The zero-order chi connectivity index (χ0) is 16.2. The van der Waals surface area contributed by atoms with Crippen molar-refractivity contribution in [1.82, 2.24) is 10.2 Å². The third-order valence-corrected chi connectivity index (χ3v) is 4.32. The molecule has 3 rings (SSSR count). The third-order valence-electron chi connectivity index (χ3n) is 4.32. The van der Waals surface area contributed by atoms with Gasteiger partial charge in [0.05, 0.1) is 13.2 Å². The average molecular weight is 312 g/mol. The number of ether oxygens (including phenoxy) is 1. The fraction of sp³-hybridized carbons (Fsp3) is 0.333. The molecule has 2 aromatic carbocycles. The molecule has 1 heterocycles. The predicted octanol–water partition coefficient (Wildman–Crippen LogP) is 2.86. The molecule has 2 aromatic rings. The number of carbonyl (C=O) groups is 2. The summed E-state index contributed by atoms with van der Waals surface area (Å²) in [4.78, 5) is 25.5. The second-order valence-corrected chi connectivity index (χ2v) is 5.66. The Morgan fingerprint density at radius 1 is 1.22 bits per heavy atom. The van der Waals surface area contributed by atoms with Crippen molar-refractivity contribution >= 4 is 22.8 Å². The number of nitrogens with one attached hydrogen (secondary N) is 1. The molecule has 0 spiro atoms. The molecule has 0 bridgehead atoms. The van der Waals surface area contributed by atoms with E-state index in [1.807, 2.05) is 23.1 Å². The van der Waals surface area contributed by atoms with Gasteiger partial charge in [0.1, 0.15) is 6.54 Å². The Balaban J connectivity index is 1.83. The Labute approximate surface area is 135 Å². The van der Waals surface area contributed by atoms with Crippen LogP contribution >= 0.6 is 0 Å². The third kappa shape index (κ3) is 3.13. The minimum absolute atomic E-state index is 0.0338. The number of fused-ring (bicyclic) bond motifs is 1. The summed E-state index contributed by atoms with van der Waals surface area (Å²) in [5.74, 6) is -0.0779. The number of methoxy groups -OCH3 is 1. The Morgan fingerprint density at radius 3 is 2.83 bits per heavy atom. The summed E-state index contributed by atoms with van der Waals surface area (Å²) in [6.07, 6.45) is 1.33. The zero-order valence-corrected chi connectivity index (χ0v) is 13.1. The normalized spacial score (nSPS) is 17.3. The van der Waals surface area contributed by atoms with E-state index in [0.29, 0.717) is 0 Å². The lowest BCUT2D eigenvalue weighted by molar-refractivity contribution is -0.131. The van der Waals surface area contributed by atoms with Crippen LogP contribution in [0, 0.1) is 0 Å². The maximum Gasteiger partial charge on any atom is 0.407 e. The fourth-order valence-corrected chi connectivity index (χ4v) is 3.25. The number of alkyl carbamates (subject to hydrolysis) is 1. The Morgan fingerprint density at radius 2 is 2.00 bits per heavy atom. The molecule has 1 saturated heterocycles. The first-order valence-corrected chi connectivity index (χ1v) is 7.79. The van der Waals surface area contributed by atoms with Crippen LogP contribution in [0.4, 0.5) is 4.79 Å². The second-order valence-electron chi connectivity index (χ2n) is 5.66. The van der Waals surface area contributed by atoms with E-state index in [2.05, 4.69) is 34.3 Å². The number of carbonyl (C=O) groups excluding carboxylic acids is 2. The maximum absolute atomic E-state index is 12.4. The first kappa shape index (κ1) is 15.3. The summed E-state index contributed by atoms with van der Waals surface area (Å²) in [5, 5.41) is 4.82. The minimum atomic E-state index is -0.584. The number of hydrogen-bond donors (Lipinski definition) is 1. The van der Waals surface area contributed by atoms with Crippen LogP contribution < -0.4 is 5.32 Å². The molecular weight excluding hydrogens is 292 g/mol. The molecule has 1 atom stereocenters. The van der Waals surface area contributed by atoms with E-state index < -0.39 is 6.09 Å². The molecule has 2 amide bonds. The van der Waals surface area contributed by atoms with Crippen LogP contribution in [-0.2, 0) is 9.53 Å². The number of rotatable bonds is 3. The van der Waals surface area contributed by atoms with E-state index in [-0.39, 0.29) is 18.5 Å². The quantitative estimate of drug-likeness (QED) is 0.948. The summed E-state index contributed by atoms with van der Waals surface area (Å²) in [5.41, 5.74) is 1.17. The van der Waals surface area contributed by atoms with Gasteiger partial charge >= 0.3 is 6.09 Å². The molecule has 1 fully saturated rings. The number of hydrogen-bond acceptors (Lipinski definition) is 3. The van der Waals surface area contributed by atoms with Crippen LogP contribution in [0.2, 0.25) is 0 Å². The molecule has 1 aliphatic heterocycles. The van der Waals surface area contributed by atoms with Gasteiger partial charge in [-0.15, -0.1) is 0 Å². The fourth-order valence-electron chi connectivity index (χ4n) is 3.25. The molecular formula is C18H20N2O3. The molecule has 120 valence electrons. The summed E-state index contributed by atoms with van der Waals surface area (Å²) >= 11 is 0. The van der Waals surface area contributed by atoms with Crippen molar-refractivity contribution in [1.29, 1.82) is 0 Å². The summed E-state index contributed by atoms with van der Waals surface area (Å²) < 4.78 is 4.51. The van der Waals surface area contributed by atoms with Crippen molar-refractivity contribution < 1.29 is 14.3 Å². The van der Waals surface area contributed by atoms with Crippen molar-refractivity contribution in [2.45, 2.75) is 18.9 Å². The second kappa shape index (κ2) is 6.69. The highest BCUT2D eigenvalue weighted by Crippen LogP contribution is 2.35. The SMILES string of the molecule is COC(=O)NCC(=O)N1CCC[C@H]1c1cccc2ccccc12. The first-order valence-electron chi connectivity index (χ1n) is 7.79. The Bertz CT molecular complexity index is 724. The van der Waals surface area contributed by atoms with E-state index in [1.54, 1.807) is 0 Å². The average Bonchev–Trinajstić information content (AvgIpc) is 3.08. The number of nitrogens with zero attached hydrogens (tertiary/aromatic N) is 1. The van der Waals surface area contributed by atoms with Gasteiger partial charge in [-0.1, -0.05) is 42.5 Å². The standard InChI is InChI=1S/C18H20N2O3/c1-23-18(22)19-12-17(21)20-11-5-10-16(20)15-9-4-7-13-6-2-3-8-14(13)15/h2-4,6-9,16H,5,10-12H2,1H3,(H,19,22)/t16-/m0/s1. The molecule has 0 saturated carbocycles. The van der Waals surface area contributed by atoms with Crippen molar-refractivity contribution in [3.05, 3.63) is 48.0 Å². The topological polar surface area (TPSA) is 58.6 Å². The first-order chi connectivity index (χ1) is 11.2. The summed E-state index contributed by atoms with van der Waals surface area (Å²) in [6.45, 7) is 0.684. The van der Waals surface area contributed by atoms with Gasteiger partial charge in [0.15, 0.2) is 0 Å². The smallest absolute Gasteiger partial charge is 0.407 e. The van der Waals surface area contributed by atoms with Gasteiger partial charge < -0.3 is 15.0 Å². The number of amides is 2. The number of benzene rings is 2. The van der Waals surface area contributed by atoms with Gasteiger partial charge in [-0.25, -0.2) is 4.79 Å². The molecule has 1 aliphatic rings. The molecule has 0 radical (unpaired) electrons. The highest BCUT2D eigenvalue weighted by molar-refractivity contribution is 5.87. The van der Waals surface area contributed by atoms with E-state index in [4.69, 9.17) is 0 Å². The number of likely N-dealkylation sites (tertiary alicyclic amines) is 1. The van der Waals surface area contributed by atoms with Crippen LogP contribution in [0.3, 0.4) is 0 Å². The minimum Gasteiger partial charge on any atom is -0.453 e. The summed E-state index contributed by atoms with van der Waals surface area (Å²) in [7, 11) is 1.29. The maximum atomic E-state index is 12.4. The molecule has 0 aliphatic carbocycles. The zero-order valence-electron chi connectivity index (χ0n) is 13.1. The van der Waals surface area contributed by atoms with E-state index in [9.17, 15) is 9.59 Å². The summed E-state index contributed by atoms with van der Waals surface area (Å²) in [6, 6.07) is 14.5. The Kier molecular flexibility index (Phi) is 4.46. The molecule has 23 heavy (non-hydrogen) atoms. The van der Waals surface area contributed by atoms with Crippen molar-refractivity contribution in [3.63, 3.8) is 0 Å². The molecule has 0 unspecified atom stereocenters. The monoisotopic (exact) mass is 312 g/mol. The predicted molar refractivity (Wildman–Crippen MR) is 88.0 cm³/mol. The van der Waals surface area contributed by atoms with Crippen LogP contribution in [0.1, 0.15) is 24.4 Å². The van der Waals surface area contributed by atoms with Gasteiger partial charge in [0.25, 0.3) is 0 Å². The van der Waals surface area contributed by atoms with E-state index in [1.165, 1.54) is 23.4 Å². The lowest BCUT2D eigenvalue weighted by atomic mass is 9.97. The van der Waals surface area contributed by atoms with E-state index >= 15 is 0 Å². The van der Waals surface area contributed by atoms with Gasteiger partial charge in [-0.05, 0) is 29.2 Å². The molecule has 5 heteroatoms. The lowest BCUT2D eigenvalue weighted by Gasteiger charge is -2.26. The van der Waals surface area contributed by atoms with Gasteiger partial charge in [0, 0.05) is 6.54 Å². The van der Waals surface area contributed by atoms with Gasteiger partial charge in [0.2, 0.25) is 5.91 Å². The highest BCUT2D eigenvalue weighted by Gasteiger charge is 2.30. The van der Waals surface area contributed by atoms with Crippen molar-refractivity contribution in [2.24, 2.45) is 0 Å². The lowest BCUT2D eigenvalue weighted by Crippen LogP contribution is -2.39. The highest BCUT2D eigenvalue weighted by atomic mass is 16.5. The van der Waals surface area contributed by atoms with Crippen molar-refractivity contribution in [2.75, 3.05) is 20.2 Å². The Hall–Kier alpha value is -2.56. The van der Waals surface area contributed by atoms with Gasteiger partial charge in [-0.2, -0.15) is 0 Å². The van der Waals surface area contributed by atoms with Crippen LogP contribution in [0.5, 0.6) is 0 Å². The van der Waals surface area contributed by atoms with E-state index in [0.717, 1.165) is 19.4 Å². The van der Waals surface area contributed by atoms with Crippen LogP contribution in [0.25, 0.3) is 10.8 Å². The largest absolute Gasteiger partial charge is 0.453 e. The molecule has 0 aromatic heterocycles. The van der Waals surface area contributed by atoms with Crippen LogP contribution in [0.15, 0.2) is 42.5 Å².